The Morgan fingerprint density at radius 2 is 2.00 bits per heavy atom. The first-order chi connectivity index (χ1) is 13.9. The molecule has 11 nitrogen and oxygen atoms in total. The molecule has 0 radical (unpaired) electrons. The van der Waals surface area contributed by atoms with Gasteiger partial charge in [-0.1, -0.05) is 16.9 Å². The number of hydrogen-bond donors (Lipinski definition) is 0. The minimum atomic E-state index is -3.70. The number of carbonyl (C=O) groups excluding carboxylic acids is 1. The molecule has 0 spiro atoms. The van der Waals surface area contributed by atoms with Crippen molar-refractivity contribution in [1.29, 1.82) is 0 Å². The Morgan fingerprint density at radius 1 is 1.24 bits per heavy atom. The third-order valence-electron chi connectivity index (χ3n) is 4.58. The van der Waals surface area contributed by atoms with Crippen molar-refractivity contribution in [3.8, 4) is 0 Å². The number of aromatic nitrogens is 5. The topological polar surface area (TPSA) is 127 Å². The van der Waals surface area contributed by atoms with Gasteiger partial charge in [0.25, 0.3) is 5.78 Å². The molecule has 0 saturated carbocycles. The second-order valence-corrected chi connectivity index (χ2v) is 9.30. The molecule has 1 saturated heterocycles. The monoisotopic (exact) mass is 437 g/mol. The molecule has 0 N–H and O–H groups in total. The maximum Gasteiger partial charge on any atom is 0.253 e. The van der Waals surface area contributed by atoms with Crippen molar-refractivity contribution in [2.45, 2.75) is 23.9 Å². The first kappa shape index (κ1) is 19.8. The number of thioether (sulfide) groups is 1. The number of rotatable bonds is 5. The highest BCUT2D eigenvalue weighted by Crippen LogP contribution is 2.24. The lowest BCUT2D eigenvalue weighted by atomic mass is 10.3. The predicted molar refractivity (Wildman–Crippen MR) is 103 cm³/mol. The van der Waals surface area contributed by atoms with E-state index in [-0.39, 0.29) is 35.4 Å². The van der Waals surface area contributed by atoms with E-state index in [1.54, 1.807) is 41.7 Å². The van der Waals surface area contributed by atoms with Gasteiger partial charge in [0.1, 0.15) is 10.6 Å². The van der Waals surface area contributed by atoms with Crippen molar-refractivity contribution < 1.29 is 17.7 Å². The van der Waals surface area contributed by atoms with Crippen molar-refractivity contribution in [1.82, 2.24) is 33.9 Å². The Hall–Kier alpha value is -2.51. The third-order valence-corrected chi connectivity index (χ3v) is 7.55. The summed E-state index contributed by atoms with van der Waals surface area (Å²) in [4.78, 5) is 22.6. The molecule has 1 fully saturated rings. The van der Waals surface area contributed by atoms with Crippen LogP contribution in [0.2, 0.25) is 0 Å². The van der Waals surface area contributed by atoms with E-state index in [1.165, 1.54) is 16.1 Å². The summed E-state index contributed by atoms with van der Waals surface area (Å²) in [6.07, 6.45) is 3.36. The van der Waals surface area contributed by atoms with Crippen LogP contribution in [0.3, 0.4) is 0 Å². The summed E-state index contributed by atoms with van der Waals surface area (Å²) in [5.74, 6) is 0.830. The summed E-state index contributed by atoms with van der Waals surface area (Å²) < 4.78 is 33.6. The largest absolute Gasteiger partial charge is 0.360 e. The lowest BCUT2D eigenvalue weighted by Gasteiger charge is -2.33. The zero-order valence-electron chi connectivity index (χ0n) is 15.8. The number of piperazine rings is 1. The van der Waals surface area contributed by atoms with E-state index in [0.29, 0.717) is 29.7 Å². The Morgan fingerprint density at radius 3 is 2.66 bits per heavy atom. The molecule has 0 atom stereocenters. The summed E-state index contributed by atoms with van der Waals surface area (Å²) in [6.45, 7) is 4.26. The fourth-order valence-corrected chi connectivity index (χ4v) is 5.58. The molecule has 13 heteroatoms. The van der Waals surface area contributed by atoms with Crippen molar-refractivity contribution >= 4 is 33.5 Å². The predicted octanol–water partition coefficient (Wildman–Crippen LogP) is 0.354. The van der Waals surface area contributed by atoms with E-state index in [2.05, 4.69) is 20.2 Å². The van der Waals surface area contributed by atoms with Crippen LogP contribution in [0.15, 0.2) is 33.0 Å². The van der Waals surface area contributed by atoms with Gasteiger partial charge >= 0.3 is 0 Å². The quantitative estimate of drug-likeness (QED) is 0.520. The number of amides is 1. The van der Waals surface area contributed by atoms with E-state index in [0.717, 1.165) is 0 Å². The summed E-state index contributed by atoms with van der Waals surface area (Å²) in [5, 5.41) is 8.44. The molecule has 0 aromatic carbocycles. The van der Waals surface area contributed by atoms with Crippen molar-refractivity contribution in [2.24, 2.45) is 0 Å². The van der Waals surface area contributed by atoms with Crippen LogP contribution in [-0.4, -0.2) is 80.2 Å². The lowest BCUT2D eigenvalue weighted by molar-refractivity contribution is -0.129. The van der Waals surface area contributed by atoms with Crippen molar-refractivity contribution in [2.75, 3.05) is 31.9 Å². The van der Waals surface area contributed by atoms with Crippen molar-refractivity contribution in [3.63, 3.8) is 0 Å². The Labute approximate surface area is 171 Å². The summed E-state index contributed by atoms with van der Waals surface area (Å²) >= 11 is 1.23. The minimum absolute atomic E-state index is 0.0868. The highest BCUT2D eigenvalue weighted by atomic mass is 32.2. The Bertz CT molecular complexity index is 1100. The number of hydrogen-bond acceptors (Lipinski definition) is 9. The maximum atomic E-state index is 12.9. The lowest BCUT2D eigenvalue weighted by Crippen LogP contribution is -2.51. The van der Waals surface area contributed by atoms with Gasteiger partial charge in [0.05, 0.1) is 5.75 Å². The molecule has 4 heterocycles. The van der Waals surface area contributed by atoms with Crippen molar-refractivity contribution in [3.05, 3.63) is 29.9 Å². The molecule has 1 aliphatic heterocycles. The molecule has 0 aliphatic carbocycles. The average Bonchev–Trinajstić information content (AvgIpc) is 3.28. The van der Waals surface area contributed by atoms with Gasteiger partial charge < -0.3 is 9.42 Å². The molecule has 4 rings (SSSR count). The molecule has 154 valence electrons. The first-order valence-corrected chi connectivity index (χ1v) is 11.3. The van der Waals surface area contributed by atoms with E-state index in [9.17, 15) is 13.2 Å². The average molecular weight is 438 g/mol. The summed E-state index contributed by atoms with van der Waals surface area (Å²) in [7, 11) is -3.70. The molecule has 1 aliphatic rings. The van der Waals surface area contributed by atoms with E-state index in [1.807, 2.05) is 0 Å². The third kappa shape index (κ3) is 3.84. The molecular weight excluding hydrogens is 418 g/mol. The molecule has 0 bridgehead atoms. The number of nitrogens with zero attached hydrogens (tertiary/aromatic N) is 7. The van der Waals surface area contributed by atoms with Crippen LogP contribution >= 0.6 is 11.8 Å². The van der Waals surface area contributed by atoms with Gasteiger partial charge in [0.15, 0.2) is 5.76 Å². The van der Waals surface area contributed by atoms with E-state index < -0.39 is 10.0 Å². The number of sulfonamides is 1. The number of fused-ring (bicyclic) bond motifs is 1. The van der Waals surface area contributed by atoms with E-state index in [4.69, 9.17) is 4.52 Å². The second-order valence-electron chi connectivity index (χ2n) is 6.49. The smallest absolute Gasteiger partial charge is 0.253 e. The van der Waals surface area contributed by atoms with Crippen LogP contribution in [0.1, 0.15) is 11.5 Å². The van der Waals surface area contributed by atoms with Crippen LogP contribution < -0.4 is 0 Å². The van der Waals surface area contributed by atoms with Crippen LogP contribution in [0.25, 0.3) is 5.78 Å². The highest BCUT2D eigenvalue weighted by Gasteiger charge is 2.34. The zero-order valence-corrected chi connectivity index (χ0v) is 17.5. The standard InChI is InChI=1S/C16H19N7O4S2/c1-11-14(12(2)27-20-11)29(25,26)22-8-6-21(7-9-22)13(24)10-28-16-18-15-17-4-3-5-23(15)19-16/h3-5H,6-10H2,1-2H3. The number of aryl methyl sites for hydroxylation is 2. The van der Waals surface area contributed by atoms with Gasteiger partial charge in [-0.05, 0) is 19.9 Å². The first-order valence-electron chi connectivity index (χ1n) is 8.87. The Kier molecular flexibility index (Phi) is 5.27. The van der Waals surface area contributed by atoms with Gasteiger partial charge in [-0.25, -0.2) is 17.9 Å². The maximum absolute atomic E-state index is 12.9. The van der Waals surface area contributed by atoms with Gasteiger partial charge in [0, 0.05) is 38.6 Å². The Balaban J connectivity index is 1.35. The SMILES string of the molecule is Cc1noc(C)c1S(=O)(=O)N1CCN(C(=O)CSc2nc3ncccn3n2)CC1. The van der Waals surface area contributed by atoms with Gasteiger partial charge in [-0.15, -0.1) is 5.10 Å². The molecule has 0 unspecified atom stereocenters. The van der Waals surface area contributed by atoms with Gasteiger partial charge in [-0.3, -0.25) is 4.79 Å². The number of carbonyl (C=O) groups is 1. The van der Waals surface area contributed by atoms with Gasteiger partial charge in [0.2, 0.25) is 21.1 Å². The summed E-state index contributed by atoms with van der Waals surface area (Å²) in [5.41, 5.74) is 0.340. The van der Waals surface area contributed by atoms with Crippen LogP contribution in [0, 0.1) is 13.8 Å². The fourth-order valence-electron chi connectivity index (χ4n) is 3.14. The molecule has 3 aromatic rings. The highest BCUT2D eigenvalue weighted by molar-refractivity contribution is 7.99. The molecule has 1 amide bonds. The van der Waals surface area contributed by atoms with Crippen LogP contribution in [0.4, 0.5) is 0 Å². The fraction of sp³-hybridized carbons (Fsp3) is 0.438. The van der Waals surface area contributed by atoms with E-state index >= 15 is 0 Å². The normalized spacial score (nSPS) is 15.9. The molecule has 3 aromatic heterocycles. The van der Waals surface area contributed by atoms with Gasteiger partial charge in [-0.2, -0.15) is 9.29 Å². The van der Waals surface area contributed by atoms with Crippen LogP contribution in [-0.2, 0) is 14.8 Å². The zero-order chi connectivity index (χ0) is 20.6. The second kappa shape index (κ2) is 7.72. The summed E-state index contributed by atoms with van der Waals surface area (Å²) in [6, 6.07) is 1.75. The molecule has 29 heavy (non-hydrogen) atoms. The molecular formula is C16H19N7O4S2. The minimum Gasteiger partial charge on any atom is -0.360 e. The van der Waals surface area contributed by atoms with Crippen LogP contribution in [0.5, 0.6) is 0 Å².